The number of piperidine rings is 1. The van der Waals surface area contributed by atoms with Crippen LogP contribution in [0.4, 0.5) is 10.1 Å². The number of amides is 3. The summed E-state index contributed by atoms with van der Waals surface area (Å²) in [5.74, 6) is -9.35. The van der Waals surface area contributed by atoms with Gasteiger partial charge in [0.25, 0.3) is 23.5 Å². The fourth-order valence-corrected chi connectivity index (χ4v) is 5.33. The minimum Gasteiger partial charge on any atom is -0.388 e. The topological polar surface area (TPSA) is 172 Å². The molecule has 3 aliphatic heterocycles. The predicted molar refractivity (Wildman–Crippen MR) is 142 cm³/mol. The van der Waals surface area contributed by atoms with Crippen LogP contribution in [0.15, 0.2) is 36.4 Å². The summed E-state index contributed by atoms with van der Waals surface area (Å²) in [6, 6.07) is 8.80. The van der Waals surface area contributed by atoms with Crippen LogP contribution in [-0.2, 0) is 32.8 Å². The van der Waals surface area contributed by atoms with Gasteiger partial charge in [-0.05, 0) is 40.7 Å². The zero-order valence-electron chi connectivity index (χ0n) is 21.6. The lowest BCUT2D eigenvalue weighted by Crippen LogP contribution is -2.87. The standard InChI is InChI=1S/C25H24B3FN4O8/c26-24(27)18-15(19(34)33(24)22(37)20(35)31-21(36)23(38,39)25(22,28)40)2-1-3-17(18)30-11-14-10-13(4-5-16(14)29)12-32-6-8-41-9-7-32/h1-5,10,30,37-40H,6-9,11-12H2,(H,31,35,36). The molecule has 0 spiro atoms. The average molecular weight is 560 g/mol. The van der Waals surface area contributed by atoms with Gasteiger partial charge < -0.3 is 35.4 Å². The number of imide groups is 1. The maximum absolute atomic E-state index is 14.7. The van der Waals surface area contributed by atoms with Crippen molar-refractivity contribution in [3.8, 4) is 0 Å². The number of halogens is 1. The number of ether oxygens (including phenoxy) is 1. The molecule has 0 bridgehead atoms. The van der Waals surface area contributed by atoms with Gasteiger partial charge in [-0.1, -0.05) is 12.1 Å². The number of morpholine rings is 1. The molecule has 0 aliphatic carbocycles. The zero-order valence-corrected chi connectivity index (χ0v) is 21.6. The maximum atomic E-state index is 14.7. The number of anilines is 1. The number of hydrogen-bond donors (Lipinski definition) is 6. The minimum atomic E-state index is -3.95. The van der Waals surface area contributed by atoms with Crippen LogP contribution in [0.1, 0.15) is 27.0 Å². The largest absolute Gasteiger partial charge is 0.388 e. The molecule has 208 valence electrons. The number of nitrogens with one attached hydrogen (secondary N) is 2. The second kappa shape index (κ2) is 9.93. The van der Waals surface area contributed by atoms with E-state index in [4.69, 9.17) is 28.3 Å². The fourth-order valence-electron chi connectivity index (χ4n) is 5.33. The van der Waals surface area contributed by atoms with Gasteiger partial charge >= 0.3 is 0 Å². The first-order chi connectivity index (χ1) is 19.1. The Kier molecular flexibility index (Phi) is 7.08. The summed E-state index contributed by atoms with van der Waals surface area (Å²) in [7, 11) is 18.1. The van der Waals surface area contributed by atoms with Gasteiger partial charge in [0.1, 0.15) is 19.2 Å². The normalized spacial score (nSPS) is 27.4. The number of hydrogen-bond acceptors (Lipinski definition) is 10. The van der Waals surface area contributed by atoms with Crippen LogP contribution in [0.5, 0.6) is 0 Å². The fraction of sp³-hybridized carbons (Fsp3) is 0.400. The summed E-state index contributed by atoms with van der Waals surface area (Å²) in [6.07, 6.45) is 0. The van der Waals surface area contributed by atoms with Crippen LogP contribution in [0.25, 0.3) is 0 Å². The van der Waals surface area contributed by atoms with Crippen molar-refractivity contribution in [2.75, 3.05) is 31.6 Å². The van der Waals surface area contributed by atoms with Gasteiger partial charge in [0, 0.05) is 43.0 Å². The third-order valence-corrected chi connectivity index (χ3v) is 7.60. The first kappa shape index (κ1) is 29.2. The number of carbonyl (C=O) groups excluding carboxylic acids is 3. The van der Waals surface area contributed by atoms with Crippen LogP contribution >= 0.6 is 0 Å². The van der Waals surface area contributed by atoms with Crippen molar-refractivity contribution in [2.24, 2.45) is 0 Å². The summed E-state index contributed by atoms with van der Waals surface area (Å²) in [4.78, 5) is 40.4. The minimum absolute atomic E-state index is 0.0579. The number of rotatable bonds is 6. The van der Waals surface area contributed by atoms with E-state index in [1.54, 1.807) is 12.1 Å². The molecule has 3 aliphatic rings. The molecule has 3 heterocycles. The highest BCUT2D eigenvalue weighted by atomic mass is 19.1. The highest BCUT2D eigenvalue weighted by Gasteiger charge is 2.74. The summed E-state index contributed by atoms with van der Waals surface area (Å²) >= 11 is 0. The summed E-state index contributed by atoms with van der Waals surface area (Å²) < 4.78 is 20.1. The van der Waals surface area contributed by atoms with Crippen molar-refractivity contribution in [1.29, 1.82) is 0 Å². The molecular formula is C25H24B3FN4O8. The molecule has 2 aromatic carbocycles. The lowest BCUT2D eigenvalue weighted by molar-refractivity contribution is -0.304. The highest BCUT2D eigenvalue weighted by molar-refractivity contribution is 6.44. The summed E-state index contributed by atoms with van der Waals surface area (Å²) in [6.45, 7) is 3.18. The van der Waals surface area contributed by atoms with E-state index >= 15 is 0 Å². The van der Waals surface area contributed by atoms with Gasteiger partial charge in [0.2, 0.25) is 5.72 Å². The molecule has 41 heavy (non-hydrogen) atoms. The van der Waals surface area contributed by atoms with E-state index in [-0.39, 0.29) is 33.8 Å². The first-order valence-electron chi connectivity index (χ1n) is 12.6. The second-order valence-corrected chi connectivity index (χ2v) is 10.3. The SMILES string of the molecule is [B]C1([B])c2c(NCc3cc(CN4CCOCC4)ccc3F)cccc2C(=O)N1C1(O)C(=O)NC(=O)C(O)(O)C1([B])O. The molecule has 12 nitrogen and oxygen atoms in total. The van der Waals surface area contributed by atoms with Crippen molar-refractivity contribution in [3.05, 3.63) is 64.5 Å². The number of fused-ring (bicyclic) bond motifs is 1. The van der Waals surface area contributed by atoms with Crippen LogP contribution in [0.3, 0.4) is 0 Å². The van der Waals surface area contributed by atoms with Gasteiger partial charge in [-0.2, -0.15) is 0 Å². The van der Waals surface area contributed by atoms with Crippen LogP contribution < -0.4 is 10.6 Å². The lowest BCUT2D eigenvalue weighted by Gasteiger charge is -2.56. The van der Waals surface area contributed by atoms with Gasteiger partial charge in [-0.3, -0.25) is 24.6 Å². The van der Waals surface area contributed by atoms with E-state index < -0.39 is 45.9 Å². The molecule has 2 saturated heterocycles. The smallest absolute Gasteiger partial charge is 0.289 e. The molecule has 0 saturated carbocycles. The molecule has 6 radical (unpaired) electrons. The molecule has 2 unspecified atom stereocenters. The number of nitrogens with zero attached hydrogens (tertiary/aromatic N) is 2. The van der Waals surface area contributed by atoms with Crippen LogP contribution in [0, 0.1) is 5.82 Å². The summed E-state index contributed by atoms with van der Waals surface area (Å²) in [5.41, 5.74) is -6.85. The molecule has 6 N–H and O–H groups in total. The van der Waals surface area contributed by atoms with E-state index in [0.29, 0.717) is 19.8 Å². The van der Waals surface area contributed by atoms with Crippen LogP contribution in [0.2, 0.25) is 0 Å². The molecule has 3 amide bonds. The number of carbonyl (C=O) groups is 3. The van der Waals surface area contributed by atoms with E-state index in [9.17, 15) is 39.2 Å². The second-order valence-electron chi connectivity index (χ2n) is 10.3. The van der Waals surface area contributed by atoms with Crippen molar-refractivity contribution in [1.82, 2.24) is 15.1 Å². The summed E-state index contributed by atoms with van der Waals surface area (Å²) in [5, 5.41) is 44.1. The molecule has 0 aromatic heterocycles. The predicted octanol–water partition coefficient (Wildman–Crippen LogP) is -2.94. The Morgan fingerprint density at radius 3 is 2.37 bits per heavy atom. The van der Waals surface area contributed by atoms with Gasteiger partial charge in [0.15, 0.2) is 0 Å². The number of benzene rings is 2. The van der Waals surface area contributed by atoms with E-state index in [1.807, 2.05) is 0 Å². The molecule has 5 rings (SSSR count). The quantitative estimate of drug-likeness (QED) is 0.122. The van der Waals surface area contributed by atoms with Gasteiger partial charge in [-0.15, -0.1) is 0 Å². The third-order valence-electron chi connectivity index (χ3n) is 7.60. The molecular weight excluding hydrogens is 536 g/mol. The Bertz CT molecular complexity index is 1440. The third kappa shape index (κ3) is 4.37. The average Bonchev–Trinajstić information content (AvgIpc) is 3.13. The monoisotopic (exact) mass is 560 g/mol. The van der Waals surface area contributed by atoms with Crippen molar-refractivity contribution >= 4 is 46.9 Å². The molecule has 2 aromatic rings. The lowest BCUT2D eigenvalue weighted by atomic mass is 9.54. The van der Waals surface area contributed by atoms with Crippen LogP contribution in [-0.4, -0.2) is 115 Å². The number of aliphatic hydroxyl groups is 4. The highest BCUT2D eigenvalue weighted by Crippen LogP contribution is 2.47. The Balaban J connectivity index is 1.46. The van der Waals surface area contributed by atoms with Gasteiger partial charge in [0.05, 0.1) is 28.9 Å². The molecule has 16 heteroatoms. The Morgan fingerprint density at radius 2 is 1.68 bits per heavy atom. The van der Waals surface area contributed by atoms with Crippen molar-refractivity contribution in [2.45, 2.75) is 35.4 Å². The van der Waals surface area contributed by atoms with Crippen molar-refractivity contribution < 1.29 is 43.9 Å². The maximum Gasteiger partial charge on any atom is 0.289 e. The van der Waals surface area contributed by atoms with E-state index in [2.05, 4.69) is 10.2 Å². The van der Waals surface area contributed by atoms with Crippen molar-refractivity contribution in [3.63, 3.8) is 0 Å². The van der Waals surface area contributed by atoms with E-state index in [1.165, 1.54) is 29.6 Å². The Labute approximate surface area is 237 Å². The first-order valence-corrected chi connectivity index (χ1v) is 12.6. The molecule has 2 atom stereocenters. The van der Waals surface area contributed by atoms with E-state index in [0.717, 1.165) is 18.7 Å². The molecule has 2 fully saturated rings. The Hall–Kier alpha value is -3.27. The Morgan fingerprint density at radius 1 is 1.00 bits per heavy atom. The zero-order chi connectivity index (χ0) is 30.0. The van der Waals surface area contributed by atoms with Gasteiger partial charge in [-0.25, -0.2) is 4.39 Å².